The summed E-state index contributed by atoms with van der Waals surface area (Å²) in [7, 11) is 1.93. The fourth-order valence-corrected chi connectivity index (χ4v) is 3.89. The van der Waals surface area contributed by atoms with Crippen molar-refractivity contribution in [3.8, 4) is 22.5 Å². The summed E-state index contributed by atoms with van der Waals surface area (Å²) in [4.78, 5) is 11.8. The number of pyridine rings is 2. The number of aromatic nitrogens is 6. The van der Waals surface area contributed by atoms with Crippen molar-refractivity contribution in [3.05, 3.63) is 42.4 Å². The van der Waals surface area contributed by atoms with Crippen LogP contribution in [0, 0.1) is 6.92 Å². The van der Waals surface area contributed by atoms with Gasteiger partial charge in [0.05, 0.1) is 19.3 Å². The number of rotatable bonds is 3. The molecule has 0 radical (unpaired) electrons. The molecule has 1 saturated heterocycles. The van der Waals surface area contributed by atoms with E-state index in [-0.39, 0.29) is 6.04 Å². The molecule has 1 aliphatic rings. The largest absolute Gasteiger partial charge is 0.377 e. The number of hydrogen-bond acceptors (Lipinski definition) is 6. The van der Waals surface area contributed by atoms with E-state index in [0.29, 0.717) is 13.2 Å². The minimum absolute atomic E-state index is 0.253. The Morgan fingerprint density at radius 3 is 2.83 bits per heavy atom. The second kappa shape index (κ2) is 6.97. The van der Waals surface area contributed by atoms with Gasteiger partial charge in [-0.05, 0) is 32.0 Å². The molecule has 29 heavy (non-hydrogen) atoms. The van der Waals surface area contributed by atoms with Crippen LogP contribution in [0.25, 0.3) is 33.5 Å². The fraction of sp³-hybridized carbons (Fsp3) is 0.333. The van der Waals surface area contributed by atoms with Gasteiger partial charge >= 0.3 is 0 Å². The second-order valence-corrected chi connectivity index (χ2v) is 7.46. The Morgan fingerprint density at radius 2 is 2.10 bits per heavy atom. The van der Waals surface area contributed by atoms with Gasteiger partial charge in [-0.1, -0.05) is 6.07 Å². The molecule has 1 unspecified atom stereocenters. The molecule has 0 spiro atoms. The highest BCUT2D eigenvalue weighted by atomic mass is 16.5. The molecule has 4 aromatic rings. The average Bonchev–Trinajstić information content (AvgIpc) is 3.35. The lowest BCUT2D eigenvalue weighted by Crippen LogP contribution is -2.44. The molecule has 5 heterocycles. The first-order valence-electron chi connectivity index (χ1n) is 9.77. The van der Waals surface area contributed by atoms with Gasteiger partial charge < -0.3 is 9.64 Å². The Hall–Kier alpha value is -3.26. The second-order valence-electron chi connectivity index (χ2n) is 7.46. The number of nitrogens with one attached hydrogen (secondary N) is 1. The Kier molecular flexibility index (Phi) is 4.28. The normalized spacial score (nSPS) is 17.2. The van der Waals surface area contributed by atoms with Crippen molar-refractivity contribution >= 4 is 16.9 Å². The fourth-order valence-electron chi connectivity index (χ4n) is 3.89. The SMILES string of the molecule is Cc1ccc(-c2cc(N3CCOCC3C)nc3c(-c4cc[nH]n4)n(C)nc23)cn1. The van der Waals surface area contributed by atoms with Crippen LogP contribution in [-0.2, 0) is 11.8 Å². The Morgan fingerprint density at radius 1 is 1.21 bits per heavy atom. The molecule has 1 aliphatic heterocycles. The Bertz CT molecular complexity index is 1150. The number of hydrogen-bond donors (Lipinski definition) is 1. The average molecular weight is 389 g/mol. The van der Waals surface area contributed by atoms with Crippen LogP contribution < -0.4 is 4.90 Å². The van der Waals surface area contributed by atoms with Gasteiger partial charge in [-0.15, -0.1) is 0 Å². The zero-order valence-corrected chi connectivity index (χ0v) is 16.8. The summed E-state index contributed by atoms with van der Waals surface area (Å²) in [6.07, 6.45) is 3.71. The minimum Gasteiger partial charge on any atom is -0.377 e. The quantitative estimate of drug-likeness (QED) is 0.580. The molecule has 1 fully saturated rings. The zero-order valence-electron chi connectivity index (χ0n) is 16.8. The van der Waals surface area contributed by atoms with E-state index >= 15 is 0 Å². The maximum absolute atomic E-state index is 5.63. The molecule has 1 atom stereocenters. The summed E-state index contributed by atoms with van der Waals surface area (Å²) < 4.78 is 7.48. The molecule has 0 aliphatic carbocycles. The summed E-state index contributed by atoms with van der Waals surface area (Å²) >= 11 is 0. The van der Waals surface area contributed by atoms with Gasteiger partial charge in [0.25, 0.3) is 0 Å². The van der Waals surface area contributed by atoms with E-state index < -0.39 is 0 Å². The van der Waals surface area contributed by atoms with Crippen molar-refractivity contribution in [2.75, 3.05) is 24.7 Å². The summed E-state index contributed by atoms with van der Waals surface area (Å²) in [5, 5.41) is 12.1. The van der Waals surface area contributed by atoms with E-state index in [1.54, 1.807) is 0 Å². The molecule has 5 rings (SSSR count). The lowest BCUT2D eigenvalue weighted by molar-refractivity contribution is 0.0986. The molecule has 0 saturated carbocycles. The molecular formula is C21H23N7O. The highest BCUT2D eigenvalue weighted by molar-refractivity contribution is 5.99. The van der Waals surface area contributed by atoms with Crippen LogP contribution in [0.5, 0.6) is 0 Å². The van der Waals surface area contributed by atoms with Crippen LogP contribution in [0.1, 0.15) is 12.6 Å². The molecule has 0 aromatic carbocycles. The van der Waals surface area contributed by atoms with Crippen molar-refractivity contribution in [2.45, 2.75) is 19.9 Å². The number of aromatic amines is 1. The van der Waals surface area contributed by atoms with Gasteiger partial charge in [0.15, 0.2) is 0 Å². The monoisotopic (exact) mass is 389 g/mol. The van der Waals surface area contributed by atoms with Crippen molar-refractivity contribution in [1.29, 1.82) is 0 Å². The number of H-pyrrole nitrogens is 1. The first-order chi connectivity index (χ1) is 14.1. The van der Waals surface area contributed by atoms with Gasteiger partial charge in [-0.25, -0.2) is 4.98 Å². The van der Waals surface area contributed by atoms with Crippen LogP contribution in [0.4, 0.5) is 5.82 Å². The first-order valence-corrected chi connectivity index (χ1v) is 9.77. The number of aryl methyl sites for hydroxylation is 2. The van der Waals surface area contributed by atoms with E-state index in [2.05, 4.69) is 39.1 Å². The van der Waals surface area contributed by atoms with E-state index in [4.69, 9.17) is 14.8 Å². The number of nitrogens with zero attached hydrogens (tertiary/aromatic N) is 6. The van der Waals surface area contributed by atoms with Crippen molar-refractivity contribution in [1.82, 2.24) is 29.9 Å². The molecule has 0 bridgehead atoms. The van der Waals surface area contributed by atoms with E-state index in [1.807, 2.05) is 43.2 Å². The maximum atomic E-state index is 5.63. The number of ether oxygens (including phenoxy) is 1. The zero-order chi connectivity index (χ0) is 20.0. The van der Waals surface area contributed by atoms with Gasteiger partial charge in [0.1, 0.15) is 28.2 Å². The standard InChI is InChI=1S/C21H23N7O/c1-13-4-5-15(11-22-13)16-10-18(28-8-9-29-12-14(28)2)24-20-19(16)26-27(3)21(20)17-6-7-23-25-17/h4-7,10-11,14H,8-9,12H2,1-3H3,(H,23,25). The molecular weight excluding hydrogens is 366 g/mol. The van der Waals surface area contributed by atoms with Crippen LogP contribution in [0.15, 0.2) is 36.7 Å². The maximum Gasteiger partial charge on any atom is 0.130 e. The first kappa shape index (κ1) is 17.8. The Balaban J connectivity index is 1.78. The highest BCUT2D eigenvalue weighted by Gasteiger charge is 2.25. The summed E-state index contributed by atoms with van der Waals surface area (Å²) in [5.41, 5.74) is 6.44. The molecule has 148 valence electrons. The van der Waals surface area contributed by atoms with E-state index in [1.165, 1.54) is 0 Å². The molecule has 0 amide bonds. The van der Waals surface area contributed by atoms with Crippen LogP contribution >= 0.6 is 0 Å². The Labute approximate surface area is 168 Å². The van der Waals surface area contributed by atoms with Gasteiger partial charge in [-0.3, -0.25) is 14.8 Å². The van der Waals surface area contributed by atoms with Crippen LogP contribution in [0.3, 0.4) is 0 Å². The third kappa shape index (κ3) is 3.05. The summed E-state index contributed by atoms with van der Waals surface area (Å²) in [6, 6.07) is 8.43. The third-order valence-electron chi connectivity index (χ3n) is 5.40. The molecule has 4 aromatic heterocycles. The van der Waals surface area contributed by atoms with Crippen molar-refractivity contribution in [3.63, 3.8) is 0 Å². The van der Waals surface area contributed by atoms with E-state index in [9.17, 15) is 0 Å². The van der Waals surface area contributed by atoms with Gasteiger partial charge in [0.2, 0.25) is 0 Å². The molecule has 1 N–H and O–H groups in total. The lowest BCUT2D eigenvalue weighted by Gasteiger charge is -2.34. The van der Waals surface area contributed by atoms with Gasteiger partial charge in [-0.2, -0.15) is 10.2 Å². The number of anilines is 1. The van der Waals surface area contributed by atoms with E-state index in [0.717, 1.165) is 51.6 Å². The van der Waals surface area contributed by atoms with Crippen LogP contribution in [0.2, 0.25) is 0 Å². The minimum atomic E-state index is 0.253. The molecule has 8 heteroatoms. The summed E-state index contributed by atoms with van der Waals surface area (Å²) in [5.74, 6) is 0.925. The lowest BCUT2D eigenvalue weighted by atomic mass is 10.1. The number of fused-ring (bicyclic) bond motifs is 1. The predicted octanol–water partition coefficient (Wildman–Crippen LogP) is 2.95. The predicted molar refractivity (Wildman–Crippen MR) is 112 cm³/mol. The smallest absolute Gasteiger partial charge is 0.130 e. The highest BCUT2D eigenvalue weighted by Crippen LogP contribution is 2.35. The topological polar surface area (TPSA) is 84.8 Å². The van der Waals surface area contributed by atoms with Crippen LogP contribution in [-0.4, -0.2) is 55.7 Å². The molecule has 8 nitrogen and oxygen atoms in total. The van der Waals surface area contributed by atoms with Crippen molar-refractivity contribution < 1.29 is 4.74 Å². The van der Waals surface area contributed by atoms with Gasteiger partial charge in [0, 0.05) is 42.8 Å². The number of morpholine rings is 1. The van der Waals surface area contributed by atoms with Crippen molar-refractivity contribution in [2.24, 2.45) is 7.05 Å². The third-order valence-corrected chi connectivity index (χ3v) is 5.40. The summed E-state index contributed by atoms with van der Waals surface area (Å²) in [6.45, 7) is 6.35.